The summed E-state index contributed by atoms with van der Waals surface area (Å²) in [7, 11) is 0. The minimum Gasteiger partial charge on any atom is -0.484 e. The lowest BCUT2D eigenvalue weighted by Gasteiger charge is -2.23. The Morgan fingerprint density at radius 3 is 2.65 bits per heavy atom. The molecule has 6 nitrogen and oxygen atoms in total. The van der Waals surface area contributed by atoms with Crippen LogP contribution in [0.5, 0.6) is 5.75 Å². The molecule has 31 heavy (non-hydrogen) atoms. The van der Waals surface area contributed by atoms with Crippen LogP contribution >= 0.6 is 0 Å². The molecule has 1 aliphatic heterocycles. The van der Waals surface area contributed by atoms with E-state index in [1.54, 1.807) is 24.3 Å². The highest BCUT2D eigenvalue weighted by Gasteiger charge is 2.22. The maximum atomic E-state index is 12.6. The number of para-hydroxylation sites is 3. The normalized spacial score (nSPS) is 12.6. The fourth-order valence-corrected chi connectivity index (χ4v) is 3.87. The SMILES string of the molecule is O=C(COc1ccc2ccc(=O)oc2c1)Nc1ccccc1N1CCc2ccccc21. The van der Waals surface area contributed by atoms with Gasteiger partial charge in [-0.1, -0.05) is 30.3 Å². The van der Waals surface area contributed by atoms with Crippen LogP contribution in [0, 0.1) is 0 Å². The van der Waals surface area contributed by atoms with Crippen molar-refractivity contribution in [1.82, 2.24) is 0 Å². The second kappa shape index (κ2) is 7.99. The van der Waals surface area contributed by atoms with Gasteiger partial charge in [-0.15, -0.1) is 0 Å². The molecular weight excluding hydrogens is 392 g/mol. The zero-order valence-corrected chi connectivity index (χ0v) is 16.7. The van der Waals surface area contributed by atoms with Crippen LogP contribution in [0.4, 0.5) is 17.1 Å². The minimum atomic E-state index is -0.428. The monoisotopic (exact) mass is 412 g/mol. The molecule has 3 aromatic carbocycles. The minimum absolute atomic E-state index is 0.159. The Labute approximate surface area is 178 Å². The molecule has 154 valence electrons. The van der Waals surface area contributed by atoms with Gasteiger partial charge < -0.3 is 19.4 Å². The van der Waals surface area contributed by atoms with E-state index in [1.807, 2.05) is 36.4 Å². The number of carbonyl (C=O) groups is 1. The van der Waals surface area contributed by atoms with Crippen molar-refractivity contribution in [3.63, 3.8) is 0 Å². The van der Waals surface area contributed by atoms with E-state index < -0.39 is 5.63 Å². The van der Waals surface area contributed by atoms with Crippen LogP contribution in [-0.4, -0.2) is 19.1 Å². The van der Waals surface area contributed by atoms with Gasteiger partial charge in [0.1, 0.15) is 11.3 Å². The molecule has 0 saturated heterocycles. The third-order valence-electron chi connectivity index (χ3n) is 5.32. The van der Waals surface area contributed by atoms with Gasteiger partial charge in [0.25, 0.3) is 5.91 Å². The molecule has 6 heteroatoms. The van der Waals surface area contributed by atoms with Crippen molar-refractivity contribution in [2.24, 2.45) is 0 Å². The lowest BCUT2D eigenvalue weighted by molar-refractivity contribution is -0.118. The molecule has 1 aliphatic rings. The summed E-state index contributed by atoms with van der Waals surface area (Å²) in [6.45, 7) is 0.707. The van der Waals surface area contributed by atoms with Gasteiger partial charge in [-0.3, -0.25) is 4.79 Å². The summed E-state index contributed by atoms with van der Waals surface area (Å²) < 4.78 is 10.8. The van der Waals surface area contributed by atoms with E-state index in [4.69, 9.17) is 9.15 Å². The quantitative estimate of drug-likeness (QED) is 0.489. The number of fused-ring (bicyclic) bond motifs is 2. The number of rotatable bonds is 5. The first-order valence-electron chi connectivity index (χ1n) is 10.1. The van der Waals surface area contributed by atoms with Gasteiger partial charge in [-0.05, 0) is 48.4 Å². The largest absolute Gasteiger partial charge is 0.484 e. The Bertz CT molecular complexity index is 1330. The van der Waals surface area contributed by atoms with E-state index in [2.05, 4.69) is 22.3 Å². The molecule has 2 heterocycles. The molecule has 0 saturated carbocycles. The van der Waals surface area contributed by atoms with E-state index in [1.165, 1.54) is 11.6 Å². The van der Waals surface area contributed by atoms with Crippen molar-refractivity contribution >= 4 is 33.9 Å². The van der Waals surface area contributed by atoms with Crippen LogP contribution < -0.4 is 20.6 Å². The van der Waals surface area contributed by atoms with E-state index in [0.29, 0.717) is 11.3 Å². The Morgan fingerprint density at radius 1 is 0.968 bits per heavy atom. The highest BCUT2D eigenvalue weighted by molar-refractivity contribution is 5.96. The Hall–Kier alpha value is -4.06. The Balaban J connectivity index is 1.30. The van der Waals surface area contributed by atoms with Crippen LogP contribution in [0.15, 0.2) is 88.1 Å². The van der Waals surface area contributed by atoms with Crippen LogP contribution in [-0.2, 0) is 11.2 Å². The maximum Gasteiger partial charge on any atom is 0.336 e. The second-order valence-corrected chi connectivity index (χ2v) is 7.34. The first kappa shape index (κ1) is 18.9. The van der Waals surface area contributed by atoms with Crippen LogP contribution in [0.3, 0.4) is 0 Å². The summed E-state index contributed by atoms with van der Waals surface area (Å²) in [5.41, 5.74) is 4.14. The number of anilines is 3. The molecule has 5 rings (SSSR count). The molecule has 0 fully saturated rings. The number of ether oxygens (including phenoxy) is 1. The molecule has 0 atom stereocenters. The lowest BCUT2D eigenvalue weighted by atomic mass is 10.2. The first-order valence-corrected chi connectivity index (χ1v) is 10.1. The van der Waals surface area contributed by atoms with E-state index in [0.717, 1.165) is 35.4 Å². The Kier molecular flexibility index (Phi) is 4.88. The molecule has 4 aromatic rings. The van der Waals surface area contributed by atoms with Gasteiger partial charge in [0.2, 0.25) is 0 Å². The number of amides is 1. The predicted molar refractivity (Wildman–Crippen MR) is 120 cm³/mol. The van der Waals surface area contributed by atoms with Crippen LogP contribution in [0.2, 0.25) is 0 Å². The van der Waals surface area contributed by atoms with Gasteiger partial charge in [-0.25, -0.2) is 4.79 Å². The fourth-order valence-electron chi connectivity index (χ4n) is 3.87. The first-order chi connectivity index (χ1) is 15.2. The number of benzene rings is 3. The third kappa shape index (κ3) is 3.88. The highest BCUT2D eigenvalue weighted by atomic mass is 16.5. The summed E-state index contributed by atoms with van der Waals surface area (Å²) in [5, 5.41) is 3.74. The predicted octanol–water partition coefficient (Wildman–Crippen LogP) is 4.50. The zero-order chi connectivity index (χ0) is 21.2. The average Bonchev–Trinajstić information content (AvgIpc) is 3.22. The number of nitrogens with zero attached hydrogens (tertiary/aromatic N) is 1. The standard InChI is InChI=1S/C25H20N2O4/c28-24(16-30-19-11-9-18-10-12-25(29)31-23(18)15-19)26-20-6-2-4-8-22(20)27-14-13-17-5-1-3-7-21(17)27/h1-12,15H,13-14,16H2,(H,26,28). The molecule has 0 aliphatic carbocycles. The van der Waals surface area contributed by atoms with Crippen molar-refractivity contribution in [2.45, 2.75) is 6.42 Å². The van der Waals surface area contributed by atoms with Crippen LogP contribution in [0.25, 0.3) is 11.0 Å². The van der Waals surface area contributed by atoms with Crippen molar-refractivity contribution in [3.8, 4) is 5.75 Å². The van der Waals surface area contributed by atoms with E-state index >= 15 is 0 Å². The summed E-state index contributed by atoms with van der Waals surface area (Å²) in [6, 6.07) is 24.2. The molecule has 0 bridgehead atoms. The van der Waals surface area contributed by atoms with Crippen molar-refractivity contribution < 1.29 is 13.9 Å². The van der Waals surface area contributed by atoms with Crippen molar-refractivity contribution in [1.29, 1.82) is 0 Å². The smallest absolute Gasteiger partial charge is 0.336 e. The summed E-state index contributed by atoms with van der Waals surface area (Å²) in [6.07, 6.45) is 0.972. The summed E-state index contributed by atoms with van der Waals surface area (Å²) in [5.74, 6) is 0.188. The van der Waals surface area contributed by atoms with Crippen LogP contribution in [0.1, 0.15) is 5.56 Å². The zero-order valence-electron chi connectivity index (χ0n) is 16.7. The molecule has 1 aromatic heterocycles. The molecule has 1 N–H and O–H groups in total. The molecule has 0 unspecified atom stereocenters. The van der Waals surface area contributed by atoms with E-state index in [9.17, 15) is 9.59 Å². The molecular formula is C25H20N2O4. The van der Waals surface area contributed by atoms with Gasteiger partial charge in [0, 0.05) is 29.8 Å². The summed E-state index contributed by atoms with van der Waals surface area (Å²) in [4.78, 5) is 26.2. The van der Waals surface area contributed by atoms with Gasteiger partial charge in [-0.2, -0.15) is 0 Å². The molecule has 1 amide bonds. The number of hydrogen-bond acceptors (Lipinski definition) is 5. The maximum absolute atomic E-state index is 12.6. The number of hydrogen-bond donors (Lipinski definition) is 1. The highest BCUT2D eigenvalue weighted by Crippen LogP contribution is 2.38. The fraction of sp³-hybridized carbons (Fsp3) is 0.120. The van der Waals surface area contributed by atoms with Gasteiger partial charge in [0.15, 0.2) is 6.61 Å². The van der Waals surface area contributed by atoms with Crippen molar-refractivity contribution in [2.75, 3.05) is 23.4 Å². The topological polar surface area (TPSA) is 71.8 Å². The average molecular weight is 412 g/mol. The van der Waals surface area contributed by atoms with Gasteiger partial charge in [0.05, 0.1) is 11.4 Å². The Morgan fingerprint density at radius 2 is 1.74 bits per heavy atom. The van der Waals surface area contributed by atoms with Gasteiger partial charge >= 0.3 is 5.63 Å². The number of carbonyl (C=O) groups excluding carboxylic acids is 1. The molecule has 0 spiro atoms. The molecule has 0 radical (unpaired) electrons. The number of nitrogens with one attached hydrogen (secondary N) is 1. The second-order valence-electron chi connectivity index (χ2n) is 7.34. The van der Waals surface area contributed by atoms with Crippen molar-refractivity contribution in [3.05, 3.63) is 94.8 Å². The van der Waals surface area contributed by atoms with E-state index in [-0.39, 0.29) is 12.5 Å². The lowest BCUT2D eigenvalue weighted by Crippen LogP contribution is -2.22. The summed E-state index contributed by atoms with van der Waals surface area (Å²) >= 11 is 0. The third-order valence-corrected chi connectivity index (χ3v) is 5.32.